The largest absolute Gasteiger partial charge is 0.465 e. The fraction of sp³-hybridized carbons (Fsp3) is 0.125. The second kappa shape index (κ2) is 5.01. The SMILES string of the molecule is C=C/C(=C\C=C(N)N)C(=O)OC. The lowest BCUT2D eigenvalue weighted by atomic mass is 10.2. The molecule has 0 aromatic rings. The van der Waals surface area contributed by atoms with E-state index in [0.29, 0.717) is 5.57 Å². The third-order valence-electron chi connectivity index (χ3n) is 1.10. The Morgan fingerprint density at radius 1 is 1.42 bits per heavy atom. The highest BCUT2D eigenvalue weighted by atomic mass is 16.5. The molecule has 0 aliphatic rings. The van der Waals surface area contributed by atoms with Gasteiger partial charge in [0.1, 0.15) is 0 Å². The normalized spacial score (nSPS) is 10.2. The topological polar surface area (TPSA) is 78.3 Å². The van der Waals surface area contributed by atoms with Crippen LogP contribution in [-0.2, 0) is 9.53 Å². The Bertz CT molecular complexity index is 237. The molecule has 0 rings (SSSR count). The van der Waals surface area contributed by atoms with Crippen molar-refractivity contribution in [2.24, 2.45) is 11.5 Å². The molecule has 4 heteroatoms. The van der Waals surface area contributed by atoms with Gasteiger partial charge in [-0.25, -0.2) is 4.79 Å². The van der Waals surface area contributed by atoms with Crippen LogP contribution in [0.5, 0.6) is 0 Å². The highest BCUT2D eigenvalue weighted by Crippen LogP contribution is 1.98. The Morgan fingerprint density at radius 3 is 2.33 bits per heavy atom. The Balaban J connectivity index is 4.55. The van der Waals surface area contributed by atoms with Gasteiger partial charge in [0.2, 0.25) is 0 Å². The van der Waals surface area contributed by atoms with Crippen LogP contribution in [0.15, 0.2) is 36.2 Å². The van der Waals surface area contributed by atoms with E-state index in [1.807, 2.05) is 0 Å². The molecular formula is C8H12N2O2. The number of hydrogen-bond donors (Lipinski definition) is 2. The Morgan fingerprint density at radius 2 is 2.00 bits per heavy atom. The molecule has 0 aliphatic carbocycles. The van der Waals surface area contributed by atoms with Gasteiger partial charge in [-0.1, -0.05) is 12.7 Å². The number of ether oxygens (including phenoxy) is 1. The minimum absolute atomic E-state index is 0.123. The molecule has 0 aromatic heterocycles. The molecule has 66 valence electrons. The number of rotatable bonds is 3. The predicted molar refractivity (Wildman–Crippen MR) is 46.8 cm³/mol. The second-order valence-electron chi connectivity index (χ2n) is 1.98. The van der Waals surface area contributed by atoms with Crippen LogP contribution in [-0.4, -0.2) is 13.1 Å². The maximum Gasteiger partial charge on any atom is 0.337 e. The summed E-state index contributed by atoms with van der Waals surface area (Å²) in [4.78, 5) is 10.9. The standard InChI is InChI=1S/C8H12N2O2/c1-3-6(8(11)12-2)4-5-7(9)10/h3-5H,1,9-10H2,2H3/b6-4+. The van der Waals surface area contributed by atoms with Crippen molar-refractivity contribution in [2.75, 3.05) is 7.11 Å². The zero-order chi connectivity index (χ0) is 9.56. The minimum Gasteiger partial charge on any atom is -0.465 e. The van der Waals surface area contributed by atoms with Crippen LogP contribution in [0.25, 0.3) is 0 Å². The molecule has 0 heterocycles. The summed E-state index contributed by atoms with van der Waals surface area (Å²) < 4.78 is 4.45. The summed E-state index contributed by atoms with van der Waals surface area (Å²) >= 11 is 0. The Kier molecular flexibility index (Phi) is 4.30. The van der Waals surface area contributed by atoms with Crippen LogP contribution in [0, 0.1) is 0 Å². The summed E-state index contributed by atoms with van der Waals surface area (Å²) in [5, 5.41) is 0. The van der Waals surface area contributed by atoms with Crippen LogP contribution in [0.1, 0.15) is 0 Å². The molecule has 12 heavy (non-hydrogen) atoms. The van der Waals surface area contributed by atoms with E-state index in [2.05, 4.69) is 11.3 Å². The molecule has 0 aliphatic heterocycles. The van der Waals surface area contributed by atoms with Crippen molar-refractivity contribution in [1.29, 1.82) is 0 Å². The van der Waals surface area contributed by atoms with Gasteiger partial charge < -0.3 is 16.2 Å². The van der Waals surface area contributed by atoms with E-state index in [1.165, 1.54) is 25.3 Å². The van der Waals surface area contributed by atoms with Gasteiger partial charge in [0.05, 0.1) is 18.5 Å². The van der Waals surface area contributed by atoms with Gasteiger partial charge in [0, 0.05) is 0 Å². The lowest BCUT2D eigenvalue weighted by Gasteiger charge is -1.96. The van der Waals surface area contributed by atoms with E-state index in [0.717, 1.165) is 0 Å². The summed E-state index contributed by atoms with van der Waals surface area (Å²) in [6.07, 6.45) is 4.20. The first-order valence-electron chi connectivity index (χ1n) is 3.25. The fourth-order valence-corrected chi connectivity index (χ4v) is 0.523. The molecule has 0 amide bonds. The number of carbonyl (C=O) groups excluding carboxylic acids is 1. The van der Waals surface area contributed by atoms with Crippen molar-refractivity contribution in [3.05, 3.63) is 36.2 Å². The molecule has 0 spiro atoms. The molecule has 0 bridgehead atoms. The van der Waals surface area contributed by atoms with Crippen molar-refractivity contribution in [3.63, 3.8) is 0 Å². The van der Waals surface area contributed by atoms with Crippen molar-refractivity contribution in [1.82, 2.24) is 0 Å². The average molecular weight is 168 g/mol. The van der Waals surface area contributed by atoms with Gasteiger partial charge >= 0.3 is 5.97 Å². The molecular weight excluding hydrogens is 156 g/mol. The van der Waals surface area contributed by atoms with Crippen LogP contribution in [0.3, 0.4) is 0 Å². The molecule has 0 fully saturated rings. The second-order valence-corrected chi connectivity index (χ2v) is 1.98. The molecule has 0 atom stereocenters. The fourth-order valence-electron chi connectivity index (χ4n) is 0.523. The number of hydrogen-bond acceptors (Lipinski definition) is 4. The summed E-state index contributed by atoms with van der Waals surface area (Å²) in [6.45, 7) is 3.43. The molecule has 0 aromatic carbocycles. The molecule has 4 N–H and O–H groups in total. The summed E-state index contributed by atoms with van der Waals surface area (Å²) in [5.74, 6) is -0.347. The third kappa shape index (κ3) is 3.46. The maximum atomic E-state index is 10.9. The maximum absolute atomic E-state index is 10.9. The van der Waals surface area contributed by atoms with Gasteiger partial charge in [-0.15, -0.1) is 0 Å². The predicted octanol–water partition coefficient (Wildman–Crippen LogP) is 0.0306. The van der Waals surface area contributed by atoms with E-state index in [9.17, 15) is 4.79 Å². The lowest BCUT2D eigenvalue weighted by Crippen LogP contribution is -2.07. The van der Waals surface area contributed by atoms with Gasteiger partial charge in [0.25, 0.3) is 0 Å². The van der Waals surface area contributed by atoms with Crippen LogP contribution in [0.2, 0.25) is 0 Å². The van der Waals surface area contributed by atoms with E-state index in [4.69, 9.17) is 11.5 Å². The number of carbonyl (C=O) groups is 1. The van der Waals surface area contributed by atoms with Crippen molar-refractivity contribution >= 4 is 5.97 Å². The number of methoxy groups -OCH3 is 1. The van der Waals surface area contributed by atoms with E-state index in [1.54, 1.807) is 0 Å². The highest BCUT2D eigenvalue weighted by molar-refractivity contribution is 5.91. The first-order valence-corrected chi connectivity index (χ1v) is 3.25. The van der Waals surface area contributed by atoms with E-state index in [-0.39, 0.29) is 5.82 Å². The Labute approximate surface area is 71.2 Å². The average Bonchev–Trinajstić information content (AvgIpc) is 2.04. The molecule has 0 radical (unpaired) electrons. The minimum atomic E-state index is -0.470. The molecule has 0 unspecified atom stereocenters. The van der Waals surface area contributed by atoms with Crippen molar-refractivity contribution in [2.45, 2.75) is 0 Å². The van der Waals surface area contributed by atoms with Gasteiger partial charge in [-0.2, -0.15) is 0 Å². The number of esters is 1. The summed E-state index contributed by atoms with van der Waals surface area (Å²) in [6, 6.07) is 0. The summed E-state index contributed by atoms with van der Waals surface area (Å²) in [7, 11) is 1.29. The van der Waals surface area contributed by atoms with Crippen molar-refractivity contribution in [3.8, 4) is 0 Å². The molecule has 0 saturated carbocycles. The van der Waals surface area contributed by atoms with Gasteiger partial charge in [-0.05, 0) is 12.2 Å². The highest BCUT2D eigenvalue weighted by Gasteiger charge is 2.02. The monoisotopic (exact) mass is 168 g/mol. The molecule has 0 saturated heterocycles. The third-order valence-corrected chi connectivity index (χ3v) is 1.10. The van der Waals surface area contributed by atoms with E-state index < -0.39 is 5.97 Å². The quantitative estimate of drug-likeness (QED) is 0.354. The summed E-state index contributed by atoms with van der Waals surface area (Å²) in [5.41, 5.74) is 10.6. The van der Waals surface area contributed by atoms with Crippen LogP contribution >= 0.6 is 0 Å². The zero-order valence-corrected chi connectivity index (χ0v) is 6.91. The van der Waals surface area contributed by atoms with E-state index >= 15 is 0 Å². The van der Waals surface area contributed by atoms with Crippen molar-refractivity contribution < 1.29 is 9.53 Å². The van der Waals surface area contributed by atoms with Gasteiger partial charge in [-0.3, -0.25) is 0 Å². The van der Waals surface area contributed by atoms with Crippen LogP contribution in [0.4, 0.5) is 0 Å². The van der Waals surface area contributed by atoms with Crippen LogP contribution < -0.4 is 11.5 Å². The molecule has 4 nitrogen and oxygen atoms in total. The Hall–Kier alpha value is -1.71. The smallest absolute Gasteiger partial charge is 0.337 e. The van der Waals surface area contributed by atoms with Gasteiger partial charge in [0.15, 0.2) is 0 Å². The first-order chi connectivity index (χ1) is 5.61. The lowest BCUT2D eigenvalue weighted by molar-refractivity contribution is -0.135. The first kappa shape index (κ1) is 10.3. The zero-order valence-electron chi connectivity index (χ0n) is 6.91. The number of nitrogens with two attached hydrogens (primary N) is 2. The number of allylic oxidation sites excluding steroid dienone is 2.